The number of carbonyl (C=O) groups is 1. The first-order valence-corrected chi connectivity index (χ1v) is 9.63. The number of rotatable bonds is 4. The van der Waals surface area contributed by atoms with E-state index in [-0.39, 0.29) is 11.7 Å². The Hall–Kier alpha value is -2.35. The number of benzene rings is 1. The van der Waals surface area contributed by atoms with E-state index >= 15 is 0 Å². The van der Waals surface area contributed by atoms with Gasteiger partial charge in [-0.15, -0.1) is 0 Å². The summed E-state index contributed by atoms with van der Waals surface area (Å²) in [5.41, 5.74) is 4.37. The maximum Gasteiger partial charge on any atom is 0.270 e. The van der Waals surface area contributed by atoms with Gasteiger partial charge in [0, 0.05) is 13.2 Å². The number of pyridine rings is 1. The van der Waals surface area contributed by atoms with Crippen LogP contribution in [0, 0.1) is 5.82 Å². The first kappa shape index (κ1) is 19.0. The second kappa shape index (κ2) is 8.34. The summed E-state index contributed by atoms with van der Waals surface area (Å²) in [5, 5.41) is 16.2. The largest absolute Gasteiger partial charge is 0.391 e. The minimum absolute atomic E-state index is 0.266. The van der Waals surface area contributed by atoms with Gasteiger partial charge in [-0.2, -0.15) is 0 Å². The van der Waals surface area contributed by atoms with E-state index in [1.165, 1.54) is 12.1 Å². The molecule has 28 heavy (non-hydrogen) atoms. The maximum atomic E-state index is 13.2. The zero-order valence-electron chi connectivity index (χ0n) is 15.6. The molecule has 4 rings (SSSR count). The minimum atomic E-state index is -0.615. The summed E-state index contributed by atoms with van der Waals surface area (Å²) in [6.07, 6.45) is 1.34. The third kappa shape index (κ3) is 4.22. The Kier molecular flexibility index (Phi) is 5.66. The molecule has 3 N–H and O–H groups in total. The van der Waals surface area contributed by atoms with Crippen molar-refractivity contribution in [3.05, 3.63) is 64.2 Å². The van der Waals surface area contributed by atoms with Gasteiger partial charge in [0.05, 0.1) is 24.4 Å². The van der Waals surface area contributed by atoms with Crippen molar-refractivity contribution in [2.45, 2.75) is 38.0 Å². The van der Waals surface area contributed by atoms with Crippen molar-refractivity contribution in [1.82, 2.24) is 15.6 Å². The van der Waals surface area contributed by atoms with Gasteiger partial charge in [0.15, 0.2) is 0 Å². The molecule has 2 atom stereocenters. The smallest absolute Gasteiger partial charge is 0.270 e. The molecule has 2 aliphatic rings. The van der Waals surface area contributed by atoms with Crippen LogP contribution >= 0.6 is 0 Å². The number of nitrogens with zero attached hydrogens (tertiary/aromatic N) is 1. The van der Waals surface area contributed by atoms with E-state index in [9.17, 15) is 14.3 Å². The molecule has 148 valence electrons. The number of aliphatic hydroxyl groups excluding tert-OH is 1. The molecule has 0 saturated carbocycles. The van der Waals surface area contributed by atoms with Gasteiger partial charge >= 0.3 is 0 Å². The lowest BCUT2D eigenvalue weighted by Gasteiger charge is -2.28. The molecule has 7 heteroatoms. The second-order valence-corrected chi connectivity index (χ2v) is 7.33. The molecule has 6 nitrogen and oxygen atoms in total. The molecule has 0 radical (unpaired) electrons. The number of ether oxygens (including phenoxy) is 1. The molecule has 3 heterocycles. The number of nitrogens with one attached hydrogen (secondary N) is 2. The molecule has 0 bridgehead atoms. The van der Waals surface area contributed by atoms with Crippen molar-refractivity contribution in [2.24, 2.45) is 0 Å². The highest BCUT2D eigenvalue weighted by Gasteiger charge is 2.27. The van der Waals surface area contributed by atoms with Crippen LogP contribution in [0.4, 0.5) is 4.39 Å². The summed E-state index contributed by atoms with van der Waals surface area (Å²) in [6.45, 7) is 2.27. The van der Waals surface area contributed by atoms with E-state index in [0.717, 1.165) is 35.3 Å². The summed E-state index contributed by atoms with van der Waals surface area (Å²) in [6, 6.07) is 7.80. The molecule has 1 fully saturated rings. The van der Waals surface area contributed by atoms with Crippen LogP contribution < -0.4 is 10.6 Å². The van der Waals surface area contributed by atoms with Crippen molar-refractivity contribution in [3.8, 4) is 0 Å². The van der Waals surface area contributed by atoms with E-state index in [2.05, 4.69) is 15.6 Å². The molecule has 0 spiro atoms. The monoisotopic (exact) mass is 385 g/mol. The molecule has 0 aliphatic carbocycles. The van der Waals surface area contributed by atoms with Gasteiger partial charge in [-0.1, -0.05) is 12.1 Å². The lowest BCUT2D eigenvalue weighted by Crippen LogP contribution is -2.49. The van der Waals surface area contributed by atoms with E-state index in [4.69, 9.17) is 4.74 Å². The molecular formula is C21H24FN3O3. The van der Waals surface area contributed by atoms with Crippen molar-refractivity contribution < 1.29 is 19.0 Å². The third-order valence-corrected chi connectivity index (χ3v) is 5.32. The fourth-order valence-electron chi connectivity index (χ4n) is 3.76. The predicted molar refractivity (Wildman–Crippen MR) is 102 cm³/mol. The average Bonchev–Trinajstić information content (AvgIpc) is 2.71. The minimum Gasteiger partial charge on any atom is -0.391 e. The molecule has 1 aromatic carbocycles. The van der Waals surface area contributed by atoms with Crippen LogP contribution in [-0.2, 0) is 24.1 Å². The molecule has 1 amide bonds. The number of hydrogen-bond acceptors (Lipinski definition) is 5. The standard InChI is InChI=1S/C21H24FN3O3/c22-15-3-1-13(2-4-15)9-14-10-17(24-18-11-23-7-5-16(14)18)21(27)25-19-12-28-8-6-20(19)26/h1-4,10,19-20,23,26H,5-9,11-12H2,(H,25,27)/t19-,20+/m1/s1. The summed E-state index contributed by atoms with van der Waals surface area (Å²) in [5.74, 6) is -0.582. The molecule has 2 aliphatic heterocycles. The quantitative estimate of drug-likeness (QED) is 0.740. The van der Waals surface area contributed by atoms with Crippen LogP contribution in [0.3, 0.4) is 0 Å². The molecule has 2 aromatic rings. The maximum absolute atomic E-state index is 13.2. The number of aromatic nitrogens is 1. The fourth-order valence-corrected chi connectivity index (χ4v) is 3.76. The Morgan fingerprint density at radius 2 is 2.18 bits per heavy atom. The van der Waals surface area contributed by atoms with Crippen LogP contribution in [0.25, 0.3) is 0 Å². The summed E-state index contributed by atoms with van der Waals surface area (Å²) >= 11 is 0. The van der Waals surface area contributed by atoms with Gasteiger partial charge < -0.3 is 20.5 Å². The Balaban J connectivity index is 1.60. The third-order valence-electron chi connectivity index (χ3n) is 5.32. The molecule has 1 aromatic heterocycles. The van der Waals surface area contributed by atoms with E-state index in [0.29, 0.717) is 38.3 Å². The molecular weight excluding hydrogens is 361 g/mol. The highest BCUT2D eigenvalue weighted by molar-refractivity contribution is 5.93. The number of fused-ring (bicyclic) bond motifs is 1. The number of amides is 1. The topological polar surface area (TPSA) is 83.5 Å². The van der Waals surface area contributed by atoms with Gasteiger partial charge in [0.25, 0.3) is 5.91 Å². The van der Waals surface area contributed by atoms with Crippen LogP contribution in [0.2, 0.25) is 0 Å². The summed E-state index contributed by atoms with van der Waals surface area (Å²) in [4.78, 5) is 17.3. The van der Waals surface area contributed by atoms with Crippen LogP contribution in [0.5, 0.6) is 0 Å². The first-order valence-electron chi connectivity index (χ1n) is 9.63. The predicted octanol–water partition coefficient (Wildman–Crippen LogP) is 1.34. The van der Waals surface area contributed by atoms with Gasteiger partial charge in [-0.05, 0) is 60.7 Å². The lowest BCUT2D eigenvalue weighted by atomic mass is 9.94. The van der Waals surface area contributed by atoms with Gasteiger partial charge in [0.2, 0.25) is 0 Å². The second-order valence-electron chi connectivity index (χ2n) is 7.33. The summed E-state index contributed by atoms with van der Waals surface area (Å²) in [7, 11) is 0. The summed E-state index contributed by atoms with van der Waals surface area (Å²) < 4.78 is 18.6. The van der Waals surface area contributed by atoms with Crippen LogP contribution in [0.1, 0.15) is 39.3 Å². The number of aliphatic hydroxyl groups is 1. The SMILES string of the molecule is O=C(N[C@@H]1COCC[C@@H]1O)c1cc(Cc2ccc(F)cc2)c2c(n1)CNCC2. The van der Waals surface area contributed by atoms with Crippen molar-refractivity contribution >= 4 is 5.91 Å². The van der Waals surface area contributed by atoms with Crippen molar-refractivity contribution in [2.75, 3.05) is 19.8 Å². The molecule has 1 saturated heterocycles. The number of carbonyl (C=O) groups excluding carboxylic acids is 1. The van der Waals surface area contributed by atoms with Crippen molar-refractivity contribution in [1.29, 1.82) is 0 Å². The van der Waals surface area contributed by atoms with E-state index in [1.54, 1.807) is 12.1 Å². The average molecular weight is 385 g/mol. The highest BCUT2D eigenvalue weighted by Crippen LogP contribution is 2.22. The number of halogens is 1. The Labute approximate surface area is 163 Å². The highest BCUT2D eigenvalue weighted by atomic mass is 19.1. The van der Waals surface area contributed by atoms with Crippen LogP contribution in [-0.4, -0.2) is 47.9 Å². The Bertz CT molecular complexity index is 857. The fraction of sp³-hybridized carbons (Fsp3) is 0.429. The lowest BCUT2D eigenvalue weighted by molar-refractivity contribution is -0.0140. The molecule has 0 unspecified atom stereocenters. The van der Waals surface area contributed by atoms with Crippen molar-refractivity contribution in [3.63, 3.8) is 0 Å². The van der Waals surface area contributed by atoms with E-state index in [1.807, 2.05) is 6.07 Å². The van der Waals surface area contributed by atoms with E-state index < -0.39 is 12.1 Å². The Morgan fingerprint density at radius 1 is 1.36 bits per heavy atom. The number of hydrogen-bond donors (Lipinski definition) is 3. The van der Waals surface area contributed by atoms with Gasteiger partial charge in [-0.25, -0.2) is 9.37 Å². The normalized spacial score (nSPS) is 21.8. The zero-order valence-corrected chi connectivity index (χ0v) is 15.6. The van der Waals surface area contributed by atoms with Gasteiger partial charge in [-0.3, -0.25) is 4.79 Å². The van der Waals surface area contributed by atoms with Gasteiger partial charge in [0.1, 0.15) is 11.5 Å². The zero-order chi connectivity index (χ0) is 19.5. The first-order chi connectivity index (χ1) is 13.6. The Morgan fingerprint density at radius 3 is 2.96 bits per heavy atom. The van der Waals surface area contributed by atoms with Crippen LogP contribution in [0.15, 0.2) is 30.3 Å².